The molecular formula is C17H23Cl2N3O2. The predicted octanol–water partition coefficient (Wildman–Crippen LogP) is 2.23. The molecule has 0 aliphatic carbocycles. The van der Waals surface area contributed by atoms with Crippen molar-refractivity contribution in [3.8, 4) is 0 Å². The predicted molar refractivity (Wildman–Crippen MR) is 97.7 cm³/mol. The van der Waals surface area contributed by atoms with Crippen molar-refractivity contribution in [1.29, 1.82) is 0 Å². The quantitative estimate of drug-likeness (QED) is 0.800. The standard InChI is InChI=1S/C17H22ClN3O2.ClH/c1-11-10-19-7-5-15(11)20-16(22)14-6-8-21(17(14)23)13-4-2-3-12(18)9-13;/h2-4,9,11,14-15,19H,5-8,10H2,1H3,(H,20,22);1H. The number of rotatable bonds is 3. The summed E-state index contributed by atoms with van der Waals surface area (Å²) in [6, 6.07) is 7.34. The van der Waals surface area contributed by atoms with Crippen LogP contribution in [0.2, 0.25) is 5.02 Å². The van der Waals surface area contributed by atoms with Crippen LogP contribution in [0.1, 0.15) is 19.8 Å². The Morgan fingerprint density at radius 1 is 1.38 bits per heavy atom. The molecule has 24 heavy (non-hydrogen) atoms. The van der Waals surface area contributed by atoms with Crippen molar-refractivity contribution in [3.05, 3.63) is 29.3 Å². The summed E-state index contributed by atoms with van der Waals surface area (Å²) >= 11 is 5.99. The number of carbonyl (C=O) groups excluding carboxylic acids is 2. The van der Waals surface area contributed by atoms with Gasteiger partial charge in [0.1, 0.15) is 5.92 Å². The minimum Gasteiger partial charge on any atom is -0.352 e. The highest BCUT2D eigenvalue weighted by molar-refractivity contribution is 6.31. The molecule has 2 saturated heterocycles. The van der Waals surface area contributed by atoms with Crippen molar-refractivity contribution in [1.82, 2.24) is 10.6 Å². The van der Waals surface area contributed by atoms with Crippen molar-refractivity contribution in [2.45, 2.75) is 25.8 Å². The number of halogens is 2. The third-order valence-electron chi connectivity index (χ3n) is 4.75. The number of benzene rings is 1. The van der Waals surface area contributed by atoms with E-state index in [0.717, 1.165) is 25.2 Å². The molecule has 5 nitrogen and oxygen atoms in total. The zero-order valence-corrected chi connectivity index (χ0v) is 15.2. The molecule has 0 aromatic heterocycles. The van der Waals surface area contributed by atoms with Crippen LogP contribution < -0.4 is 15.5 Å². The molecule has 2 amide bonds. The molecule has 0 bridgehead atoms. The molecule has 2 aliphatic rings. The molecular weight excluding hydrogens is 349 g/mol. The van der Waals surface area contributed by atoms with E-state index in [9.17, 15) is 9.59 Å². The summed E-state index contributed by atoms with van der Waals surface area (Å²) < 4.78 is 0. The van der Waals surface area contributed by atoms with Gasteiger partial charge in [-0.05, 0) is 50.0 Å². The van der Waals surface area contributed by atoms with E-state index < -0.39 is 5.92 Å². The Hall–Kier alpha value is -1.30. The molecule has 3 rings (SSSR count). The Kier molecular flexibility index (Phi) is 6.49. The first kappa shape index (κ1) is 19.0. The van der Waals surface area contributed by atoms with Gasteiger partial charge in [-0.25, -0.2) is 0 Å². The van der Waals surface area contributed by atoms with E-state index in [1.807, 2.05) is 12.1 Å². The van der Waals surface area contributed by atoms with Crippen molar-refractivity contribution in [3.63, 3.8) is 0 Å². The lowest BCUT2D eigenvalue weighted by molar-refractivity contribution is -0.132. The van der Waals surface area contributed by atoms with Crippen LogP contribution >= 0.6 is 24.0 Å². The van der Waals surface area contributed by atoms with Crippen LogP contribution in [0.5, 0.6) is 0 Å². The Morgan fingerprint density at radius 3 is 2.88 bits per heavy atom. The van der Waals surface area contributed by atoms with E-state index in [4.69, 9.17) is 11.6 Å². The van der Waals surface area contributed by atoms with Gasteiger partial charge in [0.15, 0.2) is 0 Å². The molecule has 0 saturated carbocycles. The highest BCUT2D eigenvalue weighted by atomic mass is 35.5. The number of anilines is 1. The number of piperidine rings is 1. The lowest BCUT2D eigenvalue weighted by Gasteiger charge is -2.30. The van der Waals surface area contributed by atoms with E-state index in [1.54, 1.807) is 17.0 Å². The second-order valence-electron chi connectivity index (χ2n) is 6.40. The normalized spacial score (nSPS) is 26.8. The second kappa shape index (κ2) is 8.19. The molecule has 3 unspecified atom stereocenters. The lowest BCUT2D eigenvalue weighted by Crippen LogP contribution is -2.50. The van der Waals surface area contributed by atoms with Crippen LogP contribution in [-0.2, 0) is 9.59 Å². The van der Waals surface area contributed by atoms with Gasteiger partial charge in [0.05, 0.1) is 0 Å². The first-order valence-electron chi connectivity index (χ1n) is 8.14. The van der Waals surface area contributed by atoms with Crippen LogP contribution in [0.4, 0.5) is 5.69 Å². The van der Waals surface area contributed by atoms with Crippen LogP contribution in [-0.4, -0.2) is 37.5 Å². The largest absolute Gasteiger partial charge is 0.352 e. The van der Waals surface area contributed by atoms with Gasteiger partial charge in [-0.3, -0.25) is 9.59 Å². The fraction of sp³-hybridized carbons (Fsp3) is 0.529. The van der Waals surface area contributed by atoms with Crippen molar-refractivity contribution >= 4 is 41.5 Å². The zero-order valence-electron chi connectivity index (χ0n) is 13.6. The molecule has 1 aromatic rings. The van der Waals surface area contributed by atoms with Crippen LogP contribution in [0.15, 0.2) is 24.3 Å². The van der Waals surface area contributed by atoms with Gasteiger partial charge >= 0.3 is 0 Å². The van der Waals surface area contributed by atoms with Gasteiger partial charge in [-0.2, -0.15) is 0 Å². The van der Waals surface area contributed by atoms with E-state index >= 15 is 0 Å². The average molecular weight is 372 g/mol. The smallest absolute Gasteiger partial charge is 0.239 e. The fourth-order valence-corrected chi connectivity index (χ4v) is 3.52. The van der Waals surface area contributed by atoms with E-state index in [0.29, 0.717) is 23.9 Å². The molecule has 2 aliphatic heterocycles. The van der Waals surface area contributed by atoms with Crippen LogP contribution in [0.3, 0.4) is 0 Å². The molecule has 2 fully saturated rings. The number of nitrogens with one attached hydrogen (secondary N) is 2. The summed E-state index contributed by atoms with van der Waals surface area (Å²) in [7, 11) is 0. The maximum Gasteiger partial charge on any atom is 0.239 e. The highest BCUT2D eigenvalue weighted by Gasteiger charge is 2.38. The molecule has 2 heterocycles. The summed E-state index contributed by atoms with van der Waals surface area (Å²) in [6.45, 7) is 4.48. The number of hydrogen-bond acceptors (Lipinski definition) is 3. The van der Waals surface area contributed by atoms with Gasteiger partial charge in [-0.1, -0.05) is 24.6 Å². The molecule has 3 atom stereocenters. The van der Waals surface area contributed by atoms with E-state index in [2.05, 4.69) is 17.6 Å². The summed E-state index contributed by atoms with van der Waals surface area (Å²) in [5, 5.41) is 6.97. The van der Waals surface area contributed by atoms with Crippen molar-refractivity contribution in [2.24, 2.45) is 11.8 Å². The minimum absolute atomic E-state index is 0. The summed E-state index contributed by atoms with van der Waals surface area (Å²) in [4.78, 5) is 26.8. The number of hydrogen-bond donors (Lipinski definition) is 2. The second-order valence-corrected chi connectivity index (χ2v) is 6.83. The third-order valence-corrected chi connectivity index (χ3v) is 4.99. The molecule has 132 valence electrons. The van der Waals surface area contributed by atoms with Gasteiger partial charge < -0.3 is 15.5 Å². The molecule has 2 N–H and O–H groups in total. The average Bonchev–Trinajstić information content (AvgIpc) is 2.91. The Balaban J connectivity index is 0.00000208. The van der Waals surface area contributed by atoms with Gasteiger partial charge in [0.25, 0.3) is 0 Å². The topological polar surface area (TPSA) is 61.4 Å². The maximum atomic E-state index is 12.6. The summed E-state index contributed by atoms with van der Waals surface area (Å²) in [6.07, 6.45) is 1.46. The fourth-order valence-electron chi connectivity index (χ4n) is 3.34. The molecule has 0 spiro atoms. The highest BCUT2D eigenvalue weighted by Crippen LogP contribution is 2.27. The number of amides is 2. The van der Waals surface area contributed by atoms with Crippen LogP contribution in [0, 0.1) is 11.8 Å². The van der Waals surface area contributed by atoms with E-state index in [1.165, 1.54) is 0 Å². The summed E-state index contributed by atoms with van der Waals surface area (Å²) in [5.74, 6) is -0.478. The monoisotopic (exact) mass is 371 g/mol. The Labute approximate surface area is 153 Å². The zero-order chi connectivity index (χ0) is 16.4. The van der Waals surface area contributed by atoms with Crippen molar-refractivity contribution in [2.75, 3.05) is 24.5 Å². The third kappa shape index (κ3) is 4.02. The van der Waals surface area contributed by atoms with Crippen molar-refractivity contribution < 1.29 is 9.59 Å². The van der Waals surface area contributed by atoms with Gasteiger partial charge in [0.2, 0.25) is 11.8 Å². The molecule has 0 radical (unpaired) electrons. The number of carbonyl (C=O) groups is 2. The molecule has 1 aromatic carbocycles. The number of nitrogens with zero attached hydrogens (tertiary/aromatic N) is 1. The van der Waals surface area contributed by atoms with Gasteiger partial charge in [-0.15, -0.1) is 12.4 Å². The summed E-state index contributed by atoms with van der Waals surface area (Å²) in [5.41, 5.74) is 0.757. The molecule has 7 heteroatoms. The van der Waals surface area contributed by atoms with Crippen LogP contribution in [0.25, 0.3) is 0 Å². The SMILES string of the molecule is CC1CNCCC1NC(=O)C1CCN(c2cccc(Cl)c2)C1=O.Cl. The maximum absolute atomic E-state index is 12.6. The first-order valence-corrected chi connectivity index (χ1v) is 8.52. The minimum atomic E-state index is -0.587. The Bertz CT molecular complexity index is 611. The van der Waals surface area contributed by atoms with E-state index in [-0.39, 0.29) is 30.3 Å². The Morgan fingerprint density at radius 2 is 2.17 bits per heavy atom. The van der Waals surface area contributed by atoms with Gasteiger partial charge in [0, 0.05) is 23.3 Å². The lowest BCUT2D eigenvalue weighted by atomic mass is 9.94. The first-order chi connectivity index (χ1) is 11.1.